The normalized spacial score (nSPS) is 28.1. The Morgan fingerprint density at radius 3 is 2.72 bits per heavy atom. The van der Waals surface area contributed by atoms with Gasteiger partial charge in [-0.2, -0.15) is 0 Å². The first-order valence-corrected chi connectivity index (χ1v) is 8.98. The maximum Gasteiger partial charge on any atom is 0.177 e. The van der Waals surface area contributed by atoms with E-state index in [1.165, 1.54) is 17.2 Å². The lowest BCUT2D eigenvalue weighted by Gasteiger charge is -2.40. The Morgan fingerprint density at radius 2 is 1.97 bits per heavy atom. The highest BCUT2D eigenvalue weighted by molar-refractivity contribution is 5.68. The fraction of sp³-hybridized carbons (Fsp3) is 0.389. The highest BCUT2D eigenvalue weighted by atomic mass is 16.6. The molecule has 3 heterocycles. The lowest BCUT2D eigenvalue weighted by atomic mass is 9.98. The SMILES string of the molecule is OC[C@H]1O[C@@H](n2cnc(=NCc3cccc(O)c3)c3[nH]cnc32)[C@H](O)[C@@H](O)[C@@H]1O. The summed E-state index contributed by atoms with van der Waals surface area (Å²) in [5, 5.41) is 49.3. The van der Waals surface area contributed by atoms with Gasteiger partial charge in [0, 0.05) is 0 Å². The van der Waals surface area contributed by atoms with Crippen molar-refractivity contribution in [3.63, 3.8) is 0 Å². The van der Waals surface area contributed by atoms with Crippen LogP contribution < -0.4 is 5.49 Å². The first-order valence-electron chi connectivity index (χ1n) is 8.98. The molecule has 3 aromatic rings. The molecule has 11 heteroatoms. The highest BCUT2D eigenvalue weighted by Gasteiger charge is 2.44. The first kappa shape index (κ1) is 19.5. The van der Waals surface area contributed by atoms with Crippen LogP contribution in [0, 0.1) is 0 Å². The Morgan fingerprint density at radius 1 is 1.14 bits per heavy atom. The molecule has 0 spiro atoms. The van der Waals surface area contributed by atoms with E-state index >= 15 is 0 Å². The van der Waals surface area contributed by atoms with Crippen LogP contribution in [0.15, 0.2) is 41.9 Å². The molecular weight excluding hydrogens is 382 g/mol. The van der Waals surface area contributed by atoms with Gasteiger partial charge >= 0.3 is 0 Å². The highest BCUT2D eigenvalue weighted by Crippen LogP contribution is 2.29. The van der Waals surface area contributed by atoms with E-state index in [2.05, 4.69) is 19.9 Å². The number of aromatic hydroxyl groups is 1. The second kappa shape index (κ2) is 7.89. The number of imidazole rings is 1. The number of fused-ring (bicyclic) bond motifs is 1. The van der Waals surface area contributed by atoms with Crippen LogP contribution in [-0.2, 0) is 11.3 Å². The molecule has 6 N–H and O–H groups in total. The van der Waals surface area contributed by atoms with Crippen LogP contribution >= 0.6 is 0 Å². The van der Waals surface area contributed by atoms with Gasteiger partial charge in [0.15, 0.2) is 17.4 Å². The number of hydrogen-bond acceptors (Lipinski definition) is 9. The van der Waals surface area contributed by atoms with Crippen molar-refractivity contribution in [1.82, 2.24) is 19.5 Å². The molecule has 0 radical (unpaired) electrons. The van der Waals surface area contributed by atoms with E-state index in [0.29, 0.717) is 16.7 Å². The van der Waals surface area contributed by atoms with Crippen molar-refractivity contribution >= 4 is 11.2 Å². The first-order chi connectivity index (χ1) is 14.0. The topological polar surface area (TPSA) is 169 Å². The zero-order valence-electron chi connectivity index (χ0n) is 15.2. The minimum Gasteiger partial charge on any atom is -0.508 e. The molecule has 1 fully saturated rings. The maximum atomic E-state index is 10.4. The minimum absolute atomic E-state index is 0.144. The Hall–Kier alpha value is -2.83. The molecule has 5 atom stereocenters. The average molecular weight is 403 g/mol. The number of aromatic amines is 1. The van der Waals surface area contributed by atoms with Gasteiger partial charge in [-0.05, 0) is 17.7 Å². The number of H-pyrrole nitrogens is 1. The number of aromatic nitrogens is 4. The summed E-state index contributed by atoms with van der Waals surface area (Å²) < 4.78 is 6.98. The number of hydrogen-bond donors (Lipinski definition) is 6. The fourth-order valence-electron chi connectivity index (χ4n) is 3.32. The van der Waals surface area contributed by atoms with Crippen LogP contribution in [0.5, 0.6) is 5.75 Å². The van der Waals surface area contributed by atoms with Crippen molar-refractivity contribution in [2.24, 2.45) is 4.99 Å². The summed E-state index contributed by atoms with van der Waals surface area (Å²) in [4.78, 5) is 15.9. The zero-order chi connectivity index (χ0) is 20.5. The van der Waals surface area contributed by atoms with Crippen molar-refractivity contribution in [3.8, 4) is 5.75 Å². The largest absolute Gasteiger partial charge is 0.508 e. The molecule has 1 aliphatic rings. The van der Waals surface area contributed by atoms with Crippen LogP contribution in [0.3, 0.4) is 0 Å². The lowest BCUT2D eigenvalue weighted by molar-refractivity contribution is -0.250. The smallest absolute Gasteiger partial charge is 0.177 e. The van der Waals surface area contributed by atoms with E-state index in [1.54, 1.807) is 18.2 Å². The van der Waals surface area contributed by atoms with Crippen molar-refractivity contribution in [2.75, 3.05) is 6.61 Å². The molecule has 0 unspecified atom stereocenters. The second-order valence-electron chi connectivity index (χ2n) is 6.78. The standard InChI is InChI=1S/C18H21N5O6/c24-6-11-13(26)14(27)15(28)18(29-11)23-8-22-16(12-17(23)21-7-20-12)19-5-9-2-1-3-10(25)4-9/h1-4,7-8,11,13-15,18,24-28H,5-6H2,(H,20,21)/t11-,13-,14+,15-,18-/m1/s1. The summed E-state index contributed by atoms with van der Waals surface area (Å²) >= 11 is 0. The van der Waals surface area contributed by atoms with Gasteiger partial charge in [0.25, 0.3) is 0 Å². The molecule has 0 bridgehead atoms. The molecule has 4 rings (SSSR count). The number of nitrogens with one attached hydrogen (secondary N) is 1. The molecule has 0 amide bonds. The van der Waals surface area contributed by atoms with Gasteiger partial charge < -0.3 is 35.3 Å². The van der Waals surface area contributed by atoms with Gasteiger partial charge in [0.1, 0.15) is 42.0 Å². The summed E-state index contributed by atoms with van der Waals surface area (Å²) in [6.07, 6.45) is -3.81. The minimum atomic E-state index is -1.51. The number of ether oxygens (including phenoxy) is 1. The Bertz CT molecular complexity index is 1060. The van der Waals surface area contributed by atoms with Gasteiger partial charge in [-0.25, -0.2) is 9.97 Å². The monoisotopic (exact) mass is 403 g/mol. The van der Waals surface area contributed by atoms with Gasteiger partial charge in [0.2, 0.25) is 0 Å². The Labute approximate surface area is 164 Å². The molecule has 1 aromatic carbocycles. The molecular formula is C18H21N5O6. The van der Waals surface area contributed by atoms with Crippen molar-refractivity contribution in [1.29, 1.82) is 0 Å². The third-order valence-electron chi connectivity index (χ3n) is 4.86. The van der Waals surface area contributed by atoms with Crippen molar-refractivity contribution in [3.05, 3.63) is 48.0 Å². The van der Waals surface area contributed by atoms with Crippen molar-refractivity contribution in [2.45, 2.75) is 37.2 Å². The number of aliphatic hydroxyl groups is 4. The van der Waals surface area contributed by atoms with Crippen LogP contribution in [0.1, 0.15) is 11.8 Å². The summed E-state index contributed by atoms with van der Waals surface area (Å²) in [5.74, 6) is 0.144. The second-order valence-corrected chi connectivity index (χ2v) is 6.78. The van der Waals surface area contributed by atoms with Crippen LogP contribution in [-0.4, -0.2) is 76.1 Å². The number of phenols is 1. The third kappa shape index (κ3) is 3.61. The summed E-state index contributed by atoms with van der Waals surface area (Å²) in [5.41, 5.74) is 2.00. The summed E-state index contributed by atoms with van der Waals surface area (Å²) in [6, 6.07) is 6.72. The number of benzene rings is 1. The zero-order valence-corrected chi connectivity index (χ0v) is 15.2. The van der Waals surface area contributed by atoms with Crippen LogP contribution in [0.25, 0.3) is 11.2 Å². The number of rotatable bonds is 4. The number of nitrogens with zero attached hydrogens (tertiary/aromatic N) is 4. The lowest BCUT2D eigenvalue weighted by Crippen LogP contribution is -2.56. The Balaban J connectivity index is 1.70. The Kier molecular flexibility index (Phi) is 5.30. The van der Waals surface area contributed by atoms with Crippen LogP contribution in [0.4, 0.5) is 0 Å². The van der Waals surface area contributed by atoms with Gasteiger partial charge in [-0.1, -0.05) is 12.1 Å². The molecule has 1 saturated heterocycles. The quantitative estimate of drug-likeness (QED) is 0.307. The molecule has 0 aliphatic carbocycles. The molecule has 0 saturated carbocycles. The maximum absolute atomic E-state index is 10.4. The number of phenolic OH excluding ortho intramolecular Hbond substituents is 1. The molecule has 1 aliphatic heterocycles. The van der Waals surface area contributed by atoms with E-state index in [1.807, 2.05) is 6.07 Å². The predicted octanol–water partition coefficient (Wildman–Crippen LogP) is -1.46. The summed E-state index contributed by atoms with van der Waals surface area (Å²) in [6.45, 7) is -0.254. The van der Waals surface area contributed by atoms with Gasteiger partial charge in [-0.15, -0.1) is 0 Å². The average Bonchev–Trinajstić information content (AvgIpc) is 3.21. The third-order valence-corrected chi connectivity index (χ3v) is 4.86. The molecule has 154 valence electrons. The van der Waals surface area contributed by atoms with E-state index in [4.69, 9.17) is 4.74 Å². The van der Waals surface area contributed by atoms with Gasteiger partial charge in [0.05, 0.1) is 19.5 Å². The molecule has 11 nitrogen and oxygen atoms in total. The van der Waals surface area contributed by atoms with E-state index in [-0.39, 0.29) is 12.3 Å². The molecule has 29 heavy (non-hydrogen) atoms. The van der Waals surface area contributed by atoms with E-state index < -0.39 is 37.3 Å². The van der Waals surface area contributed by atoms with Gasteiger partial charge in [-0.3, -0.25) is 9.56 Å². The van der Waals surface area contributed by atoms with Crippen molar-refractivity contribution < 1.29 is 30.3 Å². The van der Waals surface area contributed by atoms with E-state index in [9.17, 15) is 25.5 Å². The fourth-order valence-corrected chi connectivity index (χ4v) is 3.32. The predicted molar refractivity (Wildman–Crippen MR) is 98.3 cm³/mol. The number of aliphatic hydroxyl groups excluding tert-OH is 4. The molecule has 2 aromatic heterocycles. The van der Waals surface area contributed by atoms with Crippen LogP contribution in [0.2, 0.25) is 0 Å². The van der Waals surface area contributed by atoms with E-state index in [0.717, 1.165) is 5.56 Å². The summed E-state index contributed by atoms with van der Waals surface area (Å²) in [7, 11) is 0.